The van der Waals surface area contributed by atoms with Crippen LogP contribution in [0, 0.1) is 0 Å². The Labute approximate surface area is 129 Å². The van der Waals surface area contributed by atoms with Crippen molar-refractivity contribution in [3.05, 3.63) is 53.6 Å². The Bertz CT molecular complexity index is 672. The van der Waals surface area contributed by atoms with Crippen LogP contribution in [0.15, 0.2) is 42.5 Å². The summed E-state index contributed by atoms with van der Waals surface area (Å²) in [6, 6.07) is 11.4. The molecule has 0 fully saturated rings. The van der Waals surface area contributed by atoms with Crippen molar-refractivity contribution in [2.45, 2.75) is 19.8 Å². The molecule has 4 nitrogen and oxygen atoms in total. The number of rotatable bonds is 5. The predicted molar refractivity (Wildman–Crippen MR) is 85.7 cm³/mol. The van der Waals surface area contributed by atoms with Crippen LogP contribution < -0.4 is 4.74 Å². The van der Waals surface area contributed by atoms with Gasteiger partial charge in [-0.05, 0) is 41.8 Å². The Hall–Kier alpha value is -2.75. The number of esters is 1. The molecule has 0 aliphatic carbocycles. The summed E-state index contributed by atoms with van der Waals surface area (Å²) in [5.41, 5.74) is 1.62. The minimum Gasteiger partial charge on any atom is -0.508 e. The number of ether oxygens (including phenoxy) is 1. The molecule has 2 aromatic rings. The second-order valence-corrected chi connectivity index (χ2v) is 4.91. The van der Waals surface area contributed by atoms with E-state index in [1.54, 1.807) is 42.5 Å². The highest BCUT2D eigenvalue weighted by molar-refractivity contribution is 5.74. The van der Waals surface area contributed by atoms with E-state index in [2.05, 4.69) is 0 Å². The van der Waals surface area contributed by atoms with E-state index in [1.165, 1.54) is 6.07 Å². The summed E-state index contributed by atoms with van der Waals surface area (Å²) in [6.45, 7) is 1.90. The number of phenols is 2. The molecule has 0 unspecified atom stereocenters. The van der Waals surface area contributed by atoms with Crippen molar-refractivity contribution >= 4 is 18.1 Å². The molecule has 0 saturated heterocycles. The van der Waals surface area contributed by atoms with Crippen LogP contribution in [0.3, 0.4) is 0 Å². The summed E-state index contributed by atoms with van der Waals surface area (Å²) in [5, 5.41) is 18.9. The first-order valence-electron chi connectivity index (χ1n) is 7.08. The van der Waals surface area contributed by atoms with Gasteiger partial charge in [0.2, 0.25) is 0 Å². The number of carbonyl (C=O) groups excluding carboxylic acids is 1. The number of hydrogen-bond donors (Lipinski definition) is 2. The topological polar surface area (TPSA) is 66.8 Å². The number of benzene rings is 2. The van der Waals surface area contributed by atoms with Crippen LogP contribution in [0.1, 0.15) is 30.9 Å². The highest BCUT2D eigenvalue weighted by Crippen LogP contribution is 2.24. The molecule has 114 valence electrons. The largest absolute Gasteiger partial charge is 0.508 e. The fraction of sp³-hybridized carbons (Fsp3) is 0.167. The number of carbonyl (C=O) groups is 1. The Balaban J connectivity index is 2.15. The fourth-order valence-corrected chi connectivity index (χ4v) is 1.93. The highest BCUT2D eigenvalue weighted by atomic mass is 16.5. The lowest BCUT2D eigenvalue weighted by Crippen LogP contribution is -2.06. The normalized spacial score (nSPS) is 10.8. The summed E-state index contributed by atoms with van der Waals surface area (Å²) in [6.07, 6.45) is 4.69. The van der Waals surface area contributed by atoms with Gasteiger partial charge in [-0.2, -0.15) is 0 Å². The smallest absolute Gasteiger partial charge is 0.311 e. The summed E-state index contributed by atoms with van der Waals surface area (Å²) in [5.74, 6) is 0.247. The van der Waals surface area contributed by atoms with Crippen LogP contribution in [-0.2, 0) is 4.79 Å². The third kappa shape index (κ3) is 4.66. The molecular formula is C18H18O4. The molecular weight excluding hydrogens is 280 g/mol. The summed E-state index contributed by atoms with van der Waals surface area (Å²) in [7, 11) is 0. The number of aromatic hydroxyl groups is 2. The molecule has 0 radical (unpaired) electrons. The Kier molecular flexibility index (Phi) is 5.20. The number of phenolic OH excluding ortho intramolecular Hbond substituents is 2. The maximum Gasteiger partial charge on any atom is 0.311 e. The third-order valence-electron chi connectivity index (χ3n) is 2.96. The van der Waals surface area contributed by atoms with Gasteiger partial charge < -0.3 is 14.9 Å². The Morgan fingerprint density at radius 2 is 1.68 bits per heavy atom. The van der Waals surface area contributed by atoms with Crippen molar-refractivity contribution in [2.75, 3.05) is 0 Å². The molecule has 22 heavy (non-hydrogen) atoms. The van der Waals surface area contributed by atoms with Crippen molar-refractivity contribution in [3.8, 4) is 17.2 Å². The molecule has 2 N–H and O–H groups in total. The van der Waals surface area contributed by atoms with Gasteiger partial charge in [0.1, 0.15) is 17.2 Å². The van der Waals surface area contributed by atoms with Gasteiger partial charge in [0, 0.05) is 12.5 Å². The van der Waals surface area contributed by atoms with Crippen molar-refractivity contribution in [1.29, 1.82) is 0 Å². The lowest BCUT2D eigenvalue weighted by atomic mass is 10.1. The van der Waals surface area contributed by atoms with E-state index in [1.807, 2.05) is 13.0 Å². The standard InChI is InChI=1S/C18H18O4/c1-2-3-18(21)22-17-11-14(10-16(20)12-17)5-4-13-6-8-15(19)9-7-13/h4-12,19-20H,2-3H2,1H3. The molecule has 2 aromatic carbocycles. The molecule has 0 spiro atoms. The van der Waals surface area contributed by atoms with Gasteiger partial charge in [-0.3, -0.25) is 4.79 Å². The van der Waals surface area contributed by atoms with Crippen LogP contribution in [0.5, 0.6) is 17.2 Å². The van der Waals surface area contributed by atoms with E-state index >= 15 is 0 Å². The second-order valence-electron chi connectivity index (χ2n) is 4.91. The maximum absolute atomic E-state index is 11.5. The van der Waals surface area contributed by atoms with Gasteiger partial charge in [-0.25, -0.2) is 0 Å². The van der Waals surface area contributed by atoms with Crippen LogP contribution in [0.4, 0.5) is 0 Å². The zero-order chi connectivity index (χ0) is 15.9. The third-order valence-corrected chi connectivity index (χ3v) is 2.96. The van der Waals surface area contributed by atoms with Crippen molar-refractivity contribution in [2.24, 2.45) is 0 Å². The minimum absolute atomic E-state index is 0.0344. The van der Waals surface area contributed by atoms with Gasteiger partial charge in [-0.1, -0.05) is 31.2 Å². The fourth-order valence-electron chi connectivity index (χ4n) is 1.93. The van der Waals surface area contributed by atoms with E-state index in [-0.39, 0.29) is 17.5 Å². The Morgan fingerprint density at radius 1 is 1.00 bits per heavy atom. The molecule has 0 aliphatic heterocycles. The average molecular weight is 298 g/mol. The molecule has 0 aromatic heterocycles. The molecule has 0 atom stereocenters. The zero-order valence-electron chi connectivity index (χ0n) is 12.3. The first kappa shape index (κ1) is 15.6. The van der Waals surface area contributed by atoms with Crippen LogP contribution in [-0.4, -0.2) is 16.2 Å². The first-order chi connectivity index (χ1) is 10.6. The molecule has 0 saturated carbocycles. The Morgan fingerprint density at radius 3 is 2.36 bits per heavy atom. The van der Waals surface area contributed by atoms with Gasteiger partial charge in [0.05, 0.1) is 0 Å². The lowest BCUT2D eigenvalue weighted by Gasteiger charge is -2.05. The van der Waals surface area contributed by atoms with Crippen molar-refractivity contribution in [3.63, 3.8) is 0 Å². The van der Waals surface area contributed by atoms with Gasteiger partial charge in [0.15, 0.2) is 0 Å². The van der Waals surface area contributed by atoms with Crippen molar-refractivity contribution in [1.82, 2.24) is 0 Å². The van der Waals surface area contributed by atoms with Gasteiger partial charge in [-0.15, -0.1) is 0 Å². The average Bonchev–Trinajstić information content (AvgIpc) is 2.46. The van der Waals surface area contributed by atoms with E-state index < -0.39 is 0 Å². The SMILES string of the molecule is CCCC(=O)Oc1cc(O)cc(C=Cc2ccc(O)cc2)c1. The van der Waals surface area contributed by atoms with Crippen LogP contribution >= 0.6 is 0 Å². The monoisotopic (exact) mass is 298 g/mol. The summed E-state index contributed by atoms with van der Waals surface area (Å²) < 4.78 is 5.18. The van der Waals surface area contributed by atoms with E-state index in [4.69, 9.17) is 4.74 Å². The molecule has 0 amide bonds. The van der Waals surface area contributed by atoms with Crippen LogP contribution in [0.2, 0.25) is 0 Å². The minimum atomic E-state index is -0.318. The maximum atomic E-state index is 11.5. The molecule has 0 bridgehead atoms. The van der Waals surface area contributed by atoms with Crippen molar-refractivity contribution < 1.29 is 19.7 Å². The van der Waals surface area contributed by atoms with Crippen LogP contribution in [0.25, 0.3) is 12.2 Å². The van der Waals surface area contributed by atoms with E-state index in [0.717, 1.165) is 5.56 Å². The second kappa shape index (κ2) is 7.31. The quantitative estimate of drug-likeness (QED) is 0.498. The highest BCUT2D eigenvalue weighted by Gasteiger charge is 2.05. The molecule has 0 heterocycles. The van der Waals surface area contributed by atoms with E-state index in [9.17, 15) is 15.0 Å². The summed E-state index contributed by atoms with van der Waals surface area (Å²) >= 11 is 0. The van der Waals surface area contributed by atoms with Gasteiger partial charge in [0.25, 0.3) is 0 Å². The van der Waals surface area contributed by atoms with Gasteiger partial charge >= 0.3 is 5.97 Å². The summed E-state index contributed by atoms with van der Waals surface area (Å²) in [4.78, 5) is 11.5. The predicted octanol–water partition coefficient (Wildman–Crippen LogP) is 3.97. The lowest BCUT2D eigenvalue weighted by molar-refractivity contribution is -0.134. The molecule has 0 aliphatic rings. The molecule has 4 heteroatoms. The molecule has 2 rings (SSSR count). The number of hydrogen-bond acceptors (Lipinski definition) is 4. The van der Waals surface area contributed by atoms with E-state index in [0.29, 0.717) is 24.2 Å². The first-order valence-corrected chi connectivity index (χ1v) is 7.08. The zero-order valence-corrected chi connectivity index (χ0v) is 12.3.